The van der Waals surface area contributed by atoms with Crippen LogP contribution in [-0.4, -0.2) is 28.9 Å². The fourth-order valence-electron chi connectivity index (χ4n) is 3.53. The van der Waals surface area contributed by atoms with Crippen LogP contribution in [0.2, 0.25) is 0 Å². The maximum absolute atomic E-state index is 12.5. The number of nitrogens with zero attached hydrogens (tertiary/aromatic N) is 1. The van der Waals surface area contributed by atoms with Gasteiger partial charge in [-0.15, -0.1) is 0 Å². The van der Waals surface area contributed by atoms with Gasteiger partial charge in [0.15, 0.2) is 10.9 Å². The van der Waals surface area contributed by atoms with Crippen molar-refractivity contribution in [1.82, 2.24) is 10.2 Å². The van der Waals surface area contributed by atoms with E-state index in [-0.39, 0.29) is 11.8 Å². The van der Waals surface area contributed by atoms with Crippen molar-refractivity contribution in [2.45, 2.75) is 65.8 Å². The van der Waals surface area contributed by atoms with Gasteiger partial charge in [-0.05, 0) is 45.0 Å². The summed E-state index contributed by atoms with van der Waals surface area (Å²) in [6.07, 6.45) is 5.62. The first-order chi connectivity index (χ1) is 13.0. The minimum absolute atomic E-state index is 0.0614. The van der Waals surface area contributed by atoms with E-state index in [1.807, 2.05) is 36.1 Å². The van der Waals surface area contributed by atoms with Crippen molar-refractivity contribution in [1.29, 1.82) is 0 Å². The quantitative estimate of drug-likeness (QED) is 0.443. The van der Waals surface area contributed by atoms with Crippen molar-refractivity contribution < 1.29 is 9.53 Å². The maximum atomic E-state index is 12.5. The summed E-state index contributed by atoms with van der Waals surface area (Å²) in [7, 11) is 0. The lowest BCUT2D eigenvalue weighted by atomic mass is 9.92. The molecular weight excluding hydrogens is 356 g/mol. The number of hydrogen-bond donors (Lipinski definition) is 1. The summed E-state index contributed by atoms with van der Waals surface area (Å²) in [6.45, 7) is 9.41. The minimum Gasteiger partial charge on any atom is -0.493 e. The smallest absolute Gasteiger partial charge is 0.173 e. The Hall–Kier alpha value is -1.88. The van der Waals surface area contributed by atoms with Gasteiger partial charge in [0.1, 0.15) is 5.75 Å². The van der Waals surface area contributed by atoms with Crippen molar-refractivity contribution >= 4 is 23.1 Å². The third-order valence-corrected chi connectivity index (χ3v) is 5.25. The van der Waals surface area contributed by atoms with Crippen molar-refractivity contribution in [3.8, 4) is 5.75 Å². The zero-order valence-corrected chi connectivity index (χ0v) is 17.8. The zero-order valence-electron chi connectivity index (χ0n) is 17.0. The summed E-state index contributed by atoms with van der Waals surface area (Å²) in [6, 6.07) is 7.68. The van der Waals surface area contributed by atoms with Crippen LogP contribution >= 0.6 is 12.2 Å². The van der Waals surface area contributed by atoms with Crippen LogP contribution in [0.3, 0.4) is 0 Å². The first kappa shape index (κ1) is 21.4. The topological polar surface area (TPSA) is 41.6 Å². The molecule has 0 fully saturated rings. The Morgan fingerprint density at radius 3 is 2.59 bits per heavy atom. The molecule has 5 heteroatoms. The highest BCUT2D eigenvalue weighted by molar-refractivity contribution is 7.80. The third kappa shape index (κ3) is 5.32. The van der Waals surface area contributed by atoms with Crippen LogP contribution in [0, 0.1) is 0 Å². The molecule has 1 atom stereocenters. The minimum atomic E-state index is -0.269. The number of thiocarbonyl (C=S) groups is 1. The van der Waals surface area contributed by atoms with Crippen molar-refractivity contribution in [2.75, 3.05) is 13.2 Å². The summed E-state index contributed by atoms with van der Waals surface area (Å²) >= 11 is 5.59. The summed E-state index contributed by atoms with van der Waals surface area (Å²) in [5, 5.41) is 4.05. The van der Waals surface area contributed by atoms with Gasteiger partial charge in [0.05, 0.1) is 12.6 Å². The Morgan fingerprint density at radius 1 is 1.19 bits per heavy atom. The number of ether oxygens (including phenoxy) is 1. The molecule has 0 aromatic heterocycles. The standard InChI is InChI=1S/C22H32N2O2S/c1-5-7-8-11-15-26-19-13-10-9-12-18(19)21-20(17(4)25)16(3)24(14-6-2)22(27)23-21/h9-10,12-13,21H,5-8,11,14-15H2,1-4H3,(H,23,27). The Balaban J connectivity index is 2.30. The van der Waals surface area contributed by atoms with Crippen LogP contribution in [0.5, 0.6) is 5.75 Å². The van der Waals surface area contributed by atoms with Gasteiger partial charge in [-0.25, -0.2) is 0 Å². The molecule has 1 N–H and O–H groups in total. The fraction of sp³-hybridized carbons (Fsp3) is 0.545. The largest absolute Gasteiger partial charge is 0.493 e. The van der Waals surface area contributed by atoms with Crippen molar-refractivity contribution in [2.24, 2.45) is 0 Å². The van der Waals surface area contributed by atoms with E-state index < -0.39 is 0 Å². The zero-order chi connectivity index (χ0) is 19.8. The molecule has 148 valence electrons. The second-order valence-electron chi connectivity index (χ2n) is 7.04. The van der Waals surface area contributed by atoms with E-state index in [1.165, 1.54) is 19.3 Å². The molecule has 27 heavy (non-hydrogen) atoms. The number of rotatable bonds is 10. The number of hydrogen-bond acceptors (Lipinski definition) is 3. The summed E-state index contributed by atoms with van der Waals surface area (Å²) in [5.41, 5.74) is 2.67. The predicted molar refractivity (Wildman–Crippen MR) is 115 cm³/mol. The van der Waals surface area contributed by atoms with E-state index in [1.54, 1.807) is 6.92 Å². The molecule has 0 amide bonds. The van der Waals surface area contributed by atoms with Gasteiger partial charge in [0.25, 0.3) is 0 Å². The van der Waals surface area contributed by atoms with Crippen molar-refractivity contribution in [3.05, 3.63) is 41.1 Å². The molecule has 1 aromatic carbocycles. The van der Waals surface area contributed by atoms with Gasteiger partial charge in [-0.3, -0.25) is 4.79 Å². The number of Topliss-reactive ketones (excluding diaryl/α,β-unsaturated/α-hetero) is 1. The van der Waals surface area contributed by atoms with E-state index in [0.29, 0.717) is 11.7 Å². The van der Waals surface area contributed by atoms with E-state index in [0.717, 1.165) is 42.0 Å². The van der Waals surface area contributed by atoms with E-state index in [4.69, 9.17) is 17.0 Å². The molecule has 0 bridgehead atoms. The van der Waals surface area contributed by atoms with E-state index in [2.05, 4.69) is 19.2 Å². The number of para-hydroxylation sites is 1. The summed E-state index contributed by atoms with van der Waals surface area (Å²) in [4.78, 5) is 14.5. The molecule has 1 unspecified atom stereocenters. The van der Waals surface area contributed by atoms with Crippen LogP contribution in [0.15, 0.2) is 35.5 Å². The number of benzene rings is 1. The van der Waals surface area contributed by atoms with Gasteiger partial charge >= 0.3 is 0 Å². The molecule has 1 aromatic rings. The van der Waals surface area contributed by atoms with Crippen LogP contribution in [-0.2, 0) is 4.79 Å². The lowest BCUT2D eigenvalue weighted by molar-refractivity contribution is -0.114. The number of ketones is 1. The monoisotopic (exact) mass is 388 g/mol. The fourth-order valence-corrected chi connectivity index (χ4v) is 3.87. The lowest BCUT2D eigenvalue weighted by Gasteiger charge is -2.38. The van der Waals surface area contributed by atoms with Gasteiger partial charge in [-0.1, -0.05) is 51.3 Å². The second-order valence-corrected chi connectivity index (χ2v) is 7.42. The van der Waals surface area contributed by atoms with Crippen LogP contribution in [0.25, 0.3) is 0 Å². The number of nitrogens with one attached hydrogen (secondary N) is 1. The van der Waals surface area contributed by atoms with Crippen LogP contribution in [0.1, 0.15) is 71.4 Å². The molecule has 2 rings (SSSR count). The molecule has 1 aliphatic rings. The molecule has 0 saturated carbocycles. The van der Waals surface area contributed by atoms with Gasteiger partial charge in [-0.2, -0.15) is 0 Å². The summed E-state index contributed by atoms with van der Waals surface area (Å²) < 4.78 is 6.08. The Bertz CT molecular complexity index is 699. The third-order valence-electron chi connectivity index (χ3n) is 4.91. The van der Waals surface area contributed by atoms with E-state index in [9.17, 15) is 4.79 Å². The van der Waals surface area contributed by atoms with Gasteiger partial charge in [0, 0.05) is 23.4 Å². The lowest BCUT2D eigenvalue weighted by Crippen LogP contribution is -2.47. The molecule has 0 radical (unpaired) electrons. The second kappa shape index (κ2) is 10.5. The Labute approximate surface area is 169 Å². The molecular formula is C22H32N2O2S. The Morgan fingerprint density at radius 2 is 1.93 bits per heavy atom. The first-order valence-electron chi connectivity index (χ1n) is 10.0. The highest BCUT2D eigenvalue weighted by atomic mass is 32.1. The predicted octanol–water partition coefficient (Wildman–Crippen LogP) is 5.15. The van der Waals surface area contributed by atoms with Crippen LogP contribution < -0.4 is 10.1 Å². The average Bonchev–Trinajstić information content (AvgIpc) is 2.64. The normalized spacial score (nSPS) is 17.1. The Kier molecular flexibility index (Phi) is 8.29. The molecule has 4 nitrogen and oxygen atoms in total. The van der Waals surface area contributed by atoms with Crippen LogP contribution in [0.4, 0.5) is 0 Å². The SMILES string of the molecule is CCCCCCOc1ccccc1C1NC(=S)N(CCC)C(C)=C1C(C)=O. The number of allylic oxidation sites excluding steroid dienone is 1. The molecule has 0 saturated heterocycles. The number of unbranched alkanes of at least 4 members (excludes halogenated alkanes) is 3. The number of carbonyl (C=O) groups excluding carboxylic acids is 1. The first-order valence-corrected chi connectivity index (χ1v) is 10.4. The van der Waals surface area contributed by atoms with Gasteiger partial charge in [0.2, 0.25) is 0 Å². The average molecular weight is 389 g/mol. The molecule has 1 aliphatic heterocycles. The van der Waals surface area contributed by atoms with E-state index >= 15 is 0 Å². The van der Waals surface area contributed by atoms with Crippen molar-refractivity contribution in [3.63, 3.8) is 0 Å². The molecule has 1 heterocycles. The number of carbonyl (C=O) groups is 1. The molecule has 0 aliphatic carbocycles. The van der Waals surface area contributed by atoms with Gasteiger partial charge < -0.3 is 15.0 Å². The summed E-state index contributed by atoms with van der Waals surface area (Å²) in [5.74, 6) is 0.885. The highest BCUT2D eigenvalue weighted by Gasteiger charge is 2.33. The highest BCUT2D eigenvalue weighted by Crippen LogP contribution is 2.35. The maximum Gasteiger partial charge on any atom is 0.173 e. The molecule has 0 spiro atoms.